The van der Waals surface area contributed by atoms with Gasteiger partial charge in [0.15, 0.2) is 6.61 Å². The van der Waals surface area contributed by atoms with Crippen molar-refractivity contribution in [2.24, 2.45) is 0 Å². The normalized spacial score (nSPS) is 10.2. The van der Waals surface area contributed by atoms with Crippen LogP contribution in [0.2, 0.25) is 5.02 Å². The van der Waals surface area contributed by atoms with Crippen LogP contribution in [0.1, 0.15) is 0 Å². The highest BCUT2D eigenvalue weighted by molar-refractivity contribution is 6.30. The van der Waals surface area contributed by atoms with Crippen LogP contribution >= 0.6 is 11.6 Å². The van der Waals surface area contributed by atoms with E-state index in [1.54, 1.807) is 24.3 Å². The molecule has 1 heterocycles. The molecule has 0 fully saturated rings. The highest BCUT2D eigenvalue weighted by Crippen LogP contribution is 2.14. The Bertz CT molecular complexity index is 875. The minimum Gasteiger partial charge on any atom is -0.492 e. The lowest BCUT2D eigenvalue weighted by Gasteiger charge is -2.09. The molecule has 26 heavy (non-hydrogen) atoms. The van der Waals surface area contributed by atoms with Crippen LogP contribution < -0.4 is 21.3 Å². The predicted molar refractivity (Wildman–Crippen MR) is 92.2 cm³/mol. The molecule has 0 unspecified atom stereocenters. The molecule has 0 saturated heterocycles. The van der Waals surface area contributed by atoms with Crippen LogP contribution in [0.15, 0.2) is 46.1 Å². The van der Waals surface area contributed by atoms with Gasteiger partial charge in [-0.05, 0) is 24.3 Å². The molecule has 138 valence electrons. The second kappa shape index (κ2) is 9.42. The first-order valence-corrected chi connectivity index (χ1v) is 7.92. The van der Waals surface area contributed by atoms with Gasteiger partial charge in [-0.15, -0.1) is 0 Å². The van der Waals surface area contributed by atoms with Gasteiger partial charge in [-0.1, -0.05) is 11.6 Å². The fourth-order valence-electron chi connectivity index (χ4n) is 1.84. The van der Waals surface area contributed by atoms with E-state index < -0.39 is 36.3 Å². The van der Waals surface area contributed by atoms with Crippen molar-refractivity contribution >= 4 is 23.5 Å². The quantitative estimate of drug-likeness (QED) is 0.488. The Morgan fingerprint density at radius 1 is 1.15 bits per heavy atom. The number of carbonyl (C=O) groups is 2. The fourth-order valence-corrected chi connectivity index (χ4v) is 1.97. The Morgan fingerprint density at radius 2 is 1.88 bits per heavy atom. The second-order valence-corrected chi connectivity index (χ2v) is 5.49. The van der Waals surface area contributed by atoms with Gasteiger partial charge in [-0.3, -0.25) is 23.9 Å². The Morgan fingerprint density at radius 3 is 2.58 bits per heavy atom. The molecule has 0 saturated carbocycles. The molecule has 0 aliphatic rings. The Balaban J connectivity index is 1.64. The third-order valence-corrected chi connectivity index (χ3v) is 3.32. The summed E-state index contributed by atoms with van der Waals surface area (Å²) in [4.78, 5) is 47.5. The van der Waals surface area contributed by atoms with Crippen molar-refractivity contribution in [1.29, 1.82) is 0 Å². The Kier molecular flexibility index (Phi) is 6.98. The van der Waals surface area contributed by atoms with E-state index >= 15 is 0 Å². The van der Waals surface area contributed by atoms with Gasteiger partial charge in [0.2, 0.25) is 0 Å². The molecule has 0 aliphatic carbocycles. The lowest BCUT2D eigenvalue weighted by molar-refractivity contribution is -0.149. The van der Waals surface area contributed by atoms with Crippen LogP contribution in [0.4, 0.5) is 0 Å². The molecule has 1 aromatic heterocycles. The summed E-state index contributed by atoms with van der Waals surface area (Å²) in [6, 6.07) is 7.86. The first kappa shape index (κ1) is 19.3. The molecule has 2 rings (SSSR count). The highest BCUT2D eigenvalue weighted by Gasteiger charge is 2.09. The summed E-state index contributed by atoms with van der Waals surface area (Å²) in [5.41, 5.74) is -1.31. The Labute approximate surface area is 152 Å². The van der Waals surface area contributed by atoms with E-state index in [4.69, 9.17) is 21.1 Å². The zero-order valence-corrected chi connectivity index (χ0v) is 14.3. The summed E-state index contributed by atoms with van der Waals surface area (Å²) in [6.45, 7) is -0.451. The third kappa shape index (κ3) is 6.44. The second-order valence-electron chi connectivity index (χ2n) is 5.05. The number of ether oxygens (including phenoxy) is 2. The van der Waals surface area contributed by atoms with Crippen LogP contribution in [0.5, 0.6) is 5.75 Å². The summed E-state index contributed by atoms with van der Waals surface area (Å²) in [5, 5.41) is 3.11. The molecule has 0 radical (unpaired) electrons. The minimum absolute atomic E-state index is 0.221. The number of benzene rings is 1. The van der Waals surface area contributed by atoms with Gasteiger partial charge in [0.1, 0.15) is 18.9 Å². The third-order valence-electron chi connectivity index (χ3n) is 3.07. The molecule has 0 spiro atoms. The van der Waals surface area contributed by atoms with Gasteiger partial charge in [-0.2, -0.15) is 0 Å². The number of hydrogen-bond acceptors (Lipinski definition) is 6. The molecular weight excluding hydrogens is 366 g/mol. The maximum atomic E-state index is 11.6. The molecule has 10 heteroatoms. The maximum Gasteiger partial charge on any atom is 0.328 e. The van der Waals surface area contributed by atoms with E-state index in [1.165, 1.54) is 0 Å². The molecule has 1 amide bonds. The van der Waals surface area contributed by atoms with Crippen molar-refractivity contribution in [1.82, 2.24) is 14.9 Å². The summed E-state index contributed by atoms with van der Waals surface area (Å²) in [7, 11) is 0. The predicted octanol–water partition coefficient (Wildman–Crippen LogP) is -0.0716. The van der Waals surface area contributed by atoms with Crippen molar-refractivity contribution in [2.75, 3.05) is 19.8 Å². The first-order valence-electron chi connectivity index (χ1n) is 7.54. The number of hydrogen-bond donors (Lipinski definition) is 2. The van der Waals surface area contributed by atoms with Crippen molar-refractivity contribution in [3.05, 3.63) is 62.4 Å². The number of H-pyrrole nitrogens is 1. The maximum absolute atomic E-state index is 11.6. The minimum atomic E-state index is -0.785. The molecule has 0 bridgehead atoms. The molecule has 1 aromatic carbocycles. The monoisotopic (exact) mass is 381 g/mol. The van der Waals surface area contributed by atoms with Crippen molar-refractivity contribution in [3.63, 3.8) is 0 Å². The number of esters is 1. The summed E-state index contributed by atoms with van der Waals surface area (Å²) < 4.78 is 11.1. The lowest BCUT2D eigenvalue weighted by atomic mass is 10.3. The number of halogens is 1. The number of amides is 1. The fraction of sp³-hybridized carbons (Fsp3) is 0.250. The van der Waals surface area contributed by atoms with E-state index in [0.29, 0.717) is 10.8 Å². The average molecular weight is 382 g/mol. The zero-order valence-electron chi connectivity index (χ0n) is 13.6. The van der Waals surface area contributed by atoms with Crippen LogP contribution in [0, 0.1) is 0 Å². The SMILES string of the molecule is O=C(COC(=O)Cn1ccc(=O)[nH]c1=O)NCCOc1ccc(Cl)cc1. The number of carbonyl (C=O) groups excluding carboxylic acids is 2. The number of nitrogens with zero attached hydrogens (tertiary/aromatic N) is 1. The van der Waals surface area contributed by atoms with E-state index in [0.717, 1.165) is 16.8 Å². The van der Waals surface area contributed by atoms with Crippen LogP contribution in [0.25, 0.3) is 0 Å². The smallest absolute Gasteiger partial charge is 0.328 e. The largest absolute Gasteiger partial charge is 0.492 e. The first-order chi connectivity index (χ1) is 12.4. The molecular formula is C16H16ClN3O6. The topological polar surface area (TPSA) is 119 Å². The molecule has 2 N–H and O–H groups in total. The zero-order chi connectivity index (χ0) is 18.9. The van der Waals surface area contributed by atoms with E-state index in [2.05, 4.69) is 5.32 Å². The number of aromatic nitrogens is 2. The number of rotatable bonds is 8. The van der Waals surface area contributed by atoms with Crippen molar-refractivity contribution in [2.45, 2.75) is 6.54 Å². The van der Waals surface area contributed by atoms with Gasteiger partial charge < -0.3 is 14.8 Å². The van der Waals surface area contributed by atoms with Crippen LogP contribution in [-0.2, 0) is 20.9 Å². The van der Waals surface area contributed by atoms with Gasteiger partial charge in [0, 0.05) is 17.3 Å². The van der Waals surface area contributed by atoms with Crippen molar-refractivity contribution in [3.8, 4) is 5.75 Å². The molecule has 2 aromatic rings. The van der Waals surface area contributed by atoms with Gasteiger partial charge in [0.25, 0.3) is 11.5 Å². The number of nitrogens with one attached hydrogen (secondary N) is 2. The van der Waals surface area contributed by atoms with E-state index in [9.17, 15) is 19.2 Å². The Hall–Kier alpha value is -3.07. The van der Waals surface area contributed by atoms with E-state index in [1.807, 2.05) is 4.98 Å². The summed E-state index contributed by atoms with van der Waals surface area (Å²) in [6.07, 6.45) is 1.16. The van der Waals surface area contributed by atoms with E-state index in [-0.39, 0.29) is 13.2 Å². The molecule has 9 nitrogen and oxygen atoms in total. The summed E-state index contributed by atoms with van der Waals surface area (Å²) in [5.74, 6) is -0.681. The van der Waals surface area contributed by atoms with Gasteiger partial charge in [0.05, 0.1) is 6.54 Å². The average Bonchev–Trinajstić information content (AvgIpc) is 2.61. The standard InChI is InChI=1S/C16H16ClN3O6/c17-11-1-3-12(4-2-11)25-8-6-18-14(22)10-26-15(23)9-20-7-5-13(21)19-16(20)24/h1-5,7H,6,8-10H2,(H,18,22)(H,19,21,24). The highest BCUT2D eigenvalue weighted by atomic mass is 35.5. The van der Waals surface area contributed by atoms with Crippen LogP contribution in [0.3, 0.4) is 0 Å². The van der Waals surface area contributed by atoms with Crippen molar-refractivity contribution < 1.29 is 19.1 Å². The number of aromatic amines is 1. The molecule has 0 atom stereocenters. The van der Waals surface area contributed by atoms with Gasteiger partial charge >= 0.3 is 11.7 Å². The van der Waals surface area contributed by atoms with Crippen LogP contribution in [-0.4, -0.2) is 41.2 Å². The van der Waals surface area contributed by atoms with Gasteiger partial charge in [-0.25, -0.2) is 4.79 Å². The lowest BCUT2D eigenvalue weighted by Crippen LogP contribution is -2.34. The summed E-state index contributed by atoms with van der Waals surface area (Å²) >= 11 is 5.75. The molecule has 0 aliphatic heterocycles.